The second-order valence-electron chi connectivity index (χ2n) is 4.17. The third-order valence-electron chi connectivity index (χ3n) is 2.88. The minimum absolute atomic E-state index is 0.185. The molecule has 92 valence electrons. The highest BCUT2D eigenvalue weighted by molar-refractivity contribution is 5.76. The van der Waals surface area contributed by atoms with Crippen molar-refractivity contribution in [3.63, 3.8) is 0 Å². The Hall–Kier alpha value is -2.29. The molecule has 0 amide bonds. The normalized spacial score (nSPS) is 12.0. The molecule has 0 fully saturated rings. The van der Waals surface area contributed by atoms with Gasteiger partial charge in [0.05, 0.1) is 5.92 Å². The number of aliphatic carboxylic acids is 1. The summed E-state index contributed by atoms with van der Waals surface area (Å²) in [6, 6.07) is 15.8. The van der Waals surface area contributed by atoms with E-state index < -0.39 is 11.9 Å². The van der Waals surface area contributed by atoms with E-state index >= 15 is 0 Å². The van der Waals surface area contributed by atoms with Crippen LogP contribution in [0.25, 0.3) is 0 Å². The van der Waals surface area contributed by atoms with Crippen LogP contribution in [0.4, 0.5) is 0 Å². The summed E-state index contributed by atoms with van der Waals surface area (Å²) in [5, 5.41) is 18.5. The smallest absolute Gasteiger partial charge is 0.311 e. The first-order valence-corrected chi connectivity index (χ1v) is 5.72. The van der Waals surface area contributed by atoms with E-state index in [1.54, 1.807) is 24.3 Å². The van der Waals surface area contributed by atoms with Crippen LogP contribution >= 0.6 is 0 Å². The Morgan fingerprint density at radius 3 is 2.17 bits per heavy atom. The van der Waals surface area contributed by atoms with E-state index in [0.29, 0.717) is 6.42 Å². The van der Waals surface area contributed by atoms with Crippen LogP contribution in [0, 0.1) is 0 Å². The van der Waals surface area contributed by atoms with E-state index in [4.69, 9.17) is 0 Å². The zero-order chi connectivity index (χ0) is 13.0. The molecular formula is C15H14O3. The van der Waals surface area contributed by atoms with E-state index in [1.807, 2.05) is 30.3 Å². The predicted molar refractivity (Wildman–Crippen MR) is 68.6 cm³/mol. The monoisotopic (exact) mass is 242 g/mol. The van der Waals surface area contributed by atoms with Crippen molar-refractivity contribution in [2.24, 2.45) is 0 Å². The average Bonchev–Trinajstić information content (AvgIpc) is 2.38. The number of phenols is 1. The maximum Gasteiger partial charge on any atom is 0.311 e. The number of benzene rings is 2. The summed E-state index contributed by atoms with van der Waals surface area (Å²) in [5.41, 5.74) is 1.68. The van der Waals surface area contributed by atoms with Gasteiger partial charge in [-0.3, -0.25) is 4.79 Å². The summed E-state index contributed by atoms with van der Waals surface area (Å²) in [7, 11) is 0. The van der Waals surface area contributed by atoms with E-state index in [2.05, 4.69) is 0 Å². The standard InChI is InChI=1S/C15H14O3/c16-13-8-6-11(7-9-13)10-14(15(17)18)12-4-2-1-3-5-12/h1-9,14,16H,10H2,(H,17,18)/t14-/m1/s1. The largest absolute Gasteiger partial charge is 0.508 e. The first kappa shape index (κ1) is 12.2. The molecule has 2 aromatic rings. The fourth-order valence-corrected chi connectivity index (χ4v) is 1.90. The first-order valence-electron chi connectivity index (χ1n) is 5.72. The fraction of sp³-hybridized carbons (Fsp3) is 0.133. The van der Waals surface area contributed by atoms with Crippen molar-refractivity contribution in [1.82, 2.24) is 0 Å². The highest BCUT2D eigenvalue weighted by atomic mass is 16.4. The molecule has 0 heterocycles. The molecule has 0 saturated carbocycles. The molecule has 1 atom stereocenters. The predicted octanol–water partition coefficient (Wildman–Crippen LogP) is 2.80. The van der Waals surface area contributed by atoms with Gasteiger partial charge in [-0.25, -0.2) is 0 Å². The fourth-order valence-electron chi connectivity index (χ4n) is 1.90. The summed E-state index contributed by atoms with van der Waals surface area (Å²) in [6.07, 6.45) is 0.416. The number of hydrogen-bond donors (Lipinski definition) is 2. The Bertz CT molecular complexity index is 517. The number of hydrogen-bond acceptors (Lipinski definition) is 2. The quantitative estimate of drug-likeness (QED) is 0.866. The van der Waals surface area contributed by atoms with Crippen molar-refractivity contribution in [3.8, 4) is 5.75 Å². The molecule has 18 heavy (non-hydrogen) atoms. The molecule has 0 radical (unpaired) electrons. The average molecular weight is 242 g/mol. The van der Waals surface area contributed by atoms with Gasteiger partial charge in [-0.05, 0) is 29.7 Å². The molecule has 0 aromatic heterocycles. The Labute approximate surface area is 105 Å². The molecule has 2 N–H and O–H groups in total. The number of carboxylic acids is 1. The minimum Gasteiger partial charge on any atom is -0.508 e. The van der Waals surface area contributed by atoms with Crippen LogP contribution in [0.3, 0.4) is 0 Å². The molecular weight excluding hydrogens is 228 g/mol. The molecule has 2 rings (SSSR count). The molecule has 3 nitrogen and oxygen atoms in total. The minimum atomic E-state index is -0.839. The van der Waals surface area contributed by atoms with Crippen molar-refractivity contribution in [2.45, 2.75) is 12.3 Å². The van der Waals surface area contributed by atoms with Crippen LogP contribution < -0.4 is 0 Å². The lowest BCUT2D eigenvalue weighted by Crippen LogP contribution is -2.14. The molecule has 0 aliphatic rings. The van der Waals surface area contributed by atoms with Crippen molar-refractivity contribution in [2.75, 3.05) is 0 Å². The molecule has 3 heteroatoms. The van der Waals surface area contributed by atoms with Crippen molar-refractivity contribution < 1.29 is 15.0 Å². The molecule has 0 aliphatic heterocycles. The van der Waals surface area contributed by atoms with Crippen LogP contribution in [0.1, 0.15) is 17.0 Å². The van der Waals surface area contributed by atoms with Crippen LogP contribution in [0.2, 0.25) is 0 Å². The van der Waals surface area contributed by atoms with Gasteiger partial charge in [-0.1, -0.05) is 42.5 Å². The third kappa shape index (κ3) is 2.88. The maximum atomic E-state index is 11.3. The SMILES string of the molecule is O=C(O)[C@H](Cc1ccc(O)cc1)c1ccccc1. The summed E-state index contributed by atoms with van der Waals surface area (Å²) in [6.45, 7) is 0. The van der Waals surface area contributed by atoms with Gasteiger partial charge in [0, 0.05) is 0 Å². The van der Waals surface area contributed by atoms with Crippen molar-refractivity contribution in [3.05, 3.63) is 65.7 Å². The summed E-state index contributed by atoms with van der Waals surface area (Å²) >= 11 is 0. The lowest BCUT2D eigenvalue weighted by Gasteiger charge is -2.12. The Morgan fingerprint density at radius 2 is 1.61 bits per heavy atom. The number of aromatic hydroxyl groups is 1. The van der Waals surface area contributed by atoms with Crippen LogP contribution in [0.15, 0.2) is 54.6 Å². The molecule has 0 bridgehead atoms. The van der Waals surface area contributed by atoms with Crippen molar-refractivity contribution in [1.29, 1.82) is 0 Å². The summed E-state index contributed by atoms with van der Waals surface area (Å²) < 4.78 is 0. The van der Waals surface area contributed by atoms with E-state index in [-0.39, 0.29) is 5.75 Å². The second-order valence-corrected chi connectivity index (χ2v) is 4.17. The molecule has 0 spiro atoms. The lowest BCUT2D eigenvalue weighted by molar-refractivity contribution is -0.138. The number of carboxylic acid groups (broad SMARTS) is 1. The van der Waals surface area contributed by atoms with Crippen molar-refractivity contribution >= 4 is 5.97 Å². The first-order chi connectivity index (χ1) is 8.66. The van der Waals surface area contributed by atoms with Gasteiger partial charge in [0.25, 0.3) is 0 Å². The van der Waals surface area contributed by atoms with Gasteiger partial charge in [0.1, 0.15) is 5.75 Å². The maximum absolute atomic E-state index is 11.3. The Kier molecular flexibility index (Phi) is 3.63. The van der Waals surface area contributed by atoms with E-state index in [0.717, 1.165) is 11.1 Å². The number of carbonyl (C=O) groups is 1. The third-order valence-corrected chi connectivity index (χ3v) is 2.88. The van der Waals surface area contributed by atoms with Gasteiger partial charge in [0.15, 0.2) is 0 Å². The van der Waals surface area contributed by atoms with Gasteiger partial charge in [-0.2, -0.15) is 0 Å². The van der Waals surface area contributed by atoms with E-state index in [1.165, 1.54) is 0 Å². The lowest BCUT2D eigenvalue weighted by atomic mass is 9.92. The Balaban J connectivity index is 2.22. The van der Waals surface area contributed by atoms with Gasteiger partial charge >= 0.3 is 5.97 Å². The molecule has 2 aromatic carbocycles. The highest BCUT2D eigenvalue weighted by Gasteiger charge is 2.19. The number of rotatable bonds is 4. The van der Waals surface area contributed by atoms with E-state index in [9.17, 15) is 15.0 Å². The van der Waals surface area contributed by atoms with Gasteiger partial charge in [0.2, 0.25) is 0 Å². The topological polar surface area (TPSA) is 57.5 Å². The highest BCUT2D eigenvalue weighted by Crippen LogP contribution is 2.22. The second kappa shape index (κ2) is 5.36. The van der Waals surface area contributed by atoms with Crippen LogP contribution in [0.5, 0.6) is 5.75 Å². The molecule has 0 aliphatic carbocycles. The summed E-state index contributed by atoms with van der Waals surface area (Å²) in [4.78, 5) is 11.3. The Morgan fingerprint density at radius 1 is 1.00 bits per heavy atom. The van der Waals surface area contributed by atoms with Crippen LogP contribution in [-0.4, -0.2) is 16.2 Å². The zero-order valence-corrected chi connectivity index (χ0v) is 9.78. The van der Waals surface area contributed by atoms with Crippen LogP contribution in [-0.2, 0) is 11.2 Å². The number of phenolic OH excluding ortho intramolecular Hbond substituents is 1. The molecule has 0 unspecified atom stereocenters. The van der Waals surface area contributed by atoms with Gasteiger partial charge < -0.3 is 10.2 Å². The zero-order valence-electron chi connectivity index (χ0n) is 9.78. The molecule has 0 saturated heterocycles. The van der Waals surface area contributed by atoms with Gasteiger partial charge in [-0.15, -0.1) is 0 Å². The summed E-state index contributed by atoms with van der Waals surface area (Å²) in [5.74, 6) is -1.21.